The van der Waals surface area contributed by atoms with Gasteiger partial charge >= 0.3 is 12.3 Å². The lowest BCUT2D eigenvalue weighted by molar-refractivity contribution is -0.274. The molecule has 1 aromatic rings. The van der Waals surface area contributed by atoms with Crippen molar-refractivity contribution in [1.82, 2.24) is 4.72 Å². The SMILES string of the molecule is CC=CCC(NS(=O)(=O)c1cccc(OC(F)(F)F)c1)C(=O)OCC. The lowest BCUT2D eigenvalue weighted by Crippen LogP contribution is -2.41. The zero-order valence-corrected chi connectivity index (χ0v) is 14.4. The van der Waals surface area contributed by atoms with Crippen molar-refractivity contribution < 1.29 is 35.9 Å². The summed E-state index contributed by atoms with van der Waals surface area (Å²) in [5, 5.41) is 0. The van der Waals surface area contributed by atoms with E-state index in [-0.39, 0.29) is 13.0 Å². The third kappa shape index (κ3) is 7.14. The Balaban J connectivity index is 3.05. The van der Waals surface area contributed by atoms with Gasteiger partial charge in [0, 0.05) is 6.07 Å². The quantitative estimate of drug-likeness (QED) is 0.553. The molecule has 1 N–H and O–H groups in total. The van der Waals surface area contributed by atoms with E-state index in [2.05, 4.69) is 9.46 Å². The first-order valence-corrected chi connectivity index (χ1v) is 8.73. The highest BCUT2D eigenvalue weighted by atomic mass is 32.2. The molecule has 0 amide bonds. The lowest BCUT2D eigenvalue weighted by Gasteiger charge is -2.16. The van der Waals surface area contributed by atoms with Crippen LogP contribution in [0.4, 0.5) is 13.2 Å². The summed E-state index contributed by atoms with van der Waals surface area (Å²) in [5.41, 5.74) is 0. The minimum atomic E-state index is -4.95. The molecule has 0 aliphatic carbocycles. The van der Waals surface area contributed by atoms with Gasteiger partial charge in [-0.25, -0.2) is 8.42 Å². The molecule has 1 aromatic carbocycles. The molecule has 0 saturated heterocycles. The van der Waals surface area contributed by atoms with E-state index in [0.29, 0.717) is 6.07 Å². The molecule has 0 aromatic heterocycles. The third-order valence-electron chi connectivity index (χ3n) is 2.83. The molecular formula is C15H18F3NO5S. The third-order valence-corrected chi connectivity index (χ3v) is 4.29. The molecular weight excluding hydrogens is 363 g/mol. The van der Waals surface area contributed by atoms with Gasteiger partial charge in [0.05, 0.1) is 11.5 Å². The molecule has 0 radical (unpaired) electrons. The Bertz CT molecular complexity index is 716. The van der Waals surface area contributed by atoms with E-state index < -0.39 is 39.0 Å². The largest absolute Gasteiger partial charge is 0.573 e. The molecule has 25 heavy (non-hydrogen) atoms. The van der Waals surface area contributed by atoms with Gasteiger partial charge in [-0.3, -0.25) is 4.79 Å². The molecule has 6 nitrogen and oxygen atoms in total. The van der Waals surface area contributed by atoms with Gasteiger partial charge in [-0.05, 0) is 32.4 Å². The molecule has 1 unspecified atom stereocenters. The van der Waals surface area contributed by atoms with Crippen molar-refractivity contribution in [2.75, 3.05) is 6.61 Å². The first kappa shape index (κ1) is 21.0. The number of carbonyl (C=O) groups is 1. The summed E-state index contributed by atoms with van der Waals surface area (Å²) in [6.45, 7) is 3.31. The van der Waals surface area contributed by atoms with Gasteiger partial charge in [-0.2, -0.15) is 4.72 Å². The molecule has 10 heteroatoms. The van der Waals surface area contributed by atoms with E-state index in [1.165, 1.54) is 0 Å². The Morgan fingerprint density at radius 1 is 1.36 bits per heavy atom. The van der Waals surface area contributed by atoms with Crippen LogP contribution in [0.25, 0.3) is 0 Å². The van der Waals surface area contributed by atoms with E-state index in [0.717, 1.165) is 18.2 Å². The molecule has 1 atom stereocenters. The van der Waals surface area contributed by atoms with Gasteiger partial charge < -0.3 is 9.47 Å². The zero-order valence-electron chi connectivity index (χ0n) is 13.5. The highest BCUT2D eigenvalue weighted by Crippen LogP contribution is 2.25. The maximum atomic E-state index is 12.4. The molecule has 0 fully saturated rings. The molecule has 0 heterocycles. The van der Waals surface area contributed by atoms with Crippen LogP contribution in [0.3, 0.4) is 0 Å². The number of allylic oxidation sites excluding steroid dienone is 1. The number of esters is 1. The zero-order chi connectivity index (χ0) is 19.1. The molecule has 1 rings (SSSR count). The summed E-state index contributed by atoms with van der Waals surface area (Å²) < 4.78 is 72.1. The molecule has 0 aliphatic rings. The van der Waals surface area contributed by atoms with Gasteiger partial charge in [0.15, 0.2) is 0 Å². The number of sulfonamides is 1. The fraction of sp³-hybridized carbons (Fsp3) is 0.400. The van der Waals surface area contributed by atoms with Crippen LogP contribution in [0.15, 0.2) is 41.3 Å². The van der Waals surface area contributed by atoms with Crippen LogP contribution in [0.2, 0.25) is 0 Å². The van der Waals surface area contributed by atoms with Crippen LogP contribution in [-0.4, -0.2) is 33.4 Å². The van der Waals surface area contributed by atoms with Gasteiger partial charge in [-0.15, -0.1) is 13.2 Å². The molecule has 140 valence electrons. The summed E-state index contributed by atoms with van der Waals surface area (Å²) in [4.78, 5) is 11.4. The summed E-state index contributed by atoms with van der Waals surface area (Å²) in [7, 11) is -4.26. The highest BCUT2D eigenvalue weighted by Gasteiger charge is 2.32. The van der Waals surface area contributed by atoms with E-state index in [1.54, 1.807) is 26.0 Å². The fourth-order valence-corrected chi connectivity index (χ4v) is 3.03. The van der Waals surface area contributed by atoms with Gasteiger partial charge in [0.2, 0.25) is 10.0 Å². The van der Waals surface area contributed by atoms with Crippen molar-refractivity contribution >= 4 is 16.0 Å². The number of ether oxygens (including phenoxy) is 2. The second kappa shape index (κ2) is 8.86. The maximum absolute atomic E-state index is 12.4. The van der Waals surface area contributed by atoms with Crippen molar-refractivity contribution in [3.05, 3.63) is 36.4 Å². The van der Waals surface area contributed by atoms with Crippen molar-refractivity contribution in [2.45, 2.75) is 37.6 Å². The molecule has 0 spiro atoms. The van der Waals surface area contributed by atoms with E-state index in [1.807, 2.05) is 0 Å². The number of alkyl halides is 3. The van der Waals surface area contributed by atoms with Crippen LogP contribution in [0, 0.1) is 0 Å². The second-order valence-electron chi connectivity index (χ2n) is 4.75. The number of hydrogen-bond donors (Lipinski definition) is 1. The Kier molecular flexibility index (Phi) is 7.43. The van der Waals surface area contributed by atoms with Gasteiger partial charge in [0.1, 0.15) is 11.8 Å². The van der Waals surface area contributed by atoms with Crippen molar-refractivity contribution in [2.24, 2.45) is 0 Å². The Morgan fingerprint density at radius 2 is 2.04 bits per heavy atom. The van der Waals surface area contributed by atoms with E-state index in [4.69, 9.17) is 4.74 Å². The minimum absolute atomic E-state index is 0.0350. The van der Waals surface area contributed by atoms with Gasteiger partial charge in [-0.1, -0.05) is 18.2 Å². The smallest absolute Gasteiger partial charge is 0.465 e. The maximum Gasteiger partial charge on any atom is 0.573 e. The first-order valence-electron chi connectivity index (χ1n) is 7.25. The first-order chi connectivity index (χ1) is 11.6. The Morgan fingerprint density at radius 3 is 2.60 bits per heavy atom. The molecule has 0 aliphatic heterocycles. The number of hydrogen-bond acceptors (Lipinski definition) is 5. The summed E-state index contributed by atoms with van der Waals surface area (Å²) in [6.07, 6.45) is -1.73. The predicted octanol–water partition coefficient (Wildman–Crippen LogP) is 2.76. The fourth-order valence-electron chi connectivity index (χ4n) is 1.80. The topological polar surface area (TPSA) is 81.7 Å². The normalized spacial score (nSPS) is 13.6. The molecule has 0 saturated carbocycles. The summed E-state index contributed by atoms with van der Waals surface area (Å²) >= 11 is 0. The van der Waals surface area contributed by atoms with E-state index >= 15 is 0 Å². The van der Waals surface area contributed by atoms with Crippen LogP contribution in [0.1, 0.15) is 20.3 Å². The van der Waals surface area contributed by atoms with E-state index in [9.17, 15) is 26.4 Å². The molecule has 0 bridgehead atoms. The van der Waals surface area contributed by atoms with Crippen LogP contribution in [0.5, 0.6) is 5.75 Å². The highest BCUT2D eigenvalue weighted by molar-refractivity contribution is 7.89. The standard InChI is InChI=1S/C15H18F3NO5S/c1-3-5-9-13(14(20)23-4-2)19-25(21,22)12-8-6-7-11(10-12)24-15(16,17)18/h3,5-8,10,13,19H,4,9H2,1-2H3. The summed E-state index contributed by atoms with van der Waals surface area (Å²) in [5.74, 6) is -1.47. The van der Waals surface area contributed by atoms with Crippen LogP contribution in [-0.2, 0) is 19.6 Å². The number of halogens is 3. The lowest BCUT2D eigenvalue weighted by atomic mass is 10.2. The summed E-state index contributed by atoms with van der Waals surface area (Å²) in [6, 6.07) is 2.67. The Hall–Kier alpha value is -2.07. The average Bonchev–Trinajstić information content (AvgIpc) is 2.50. The Labute approximate surface area is 143 Å². The monoisotopic (exact) mass is 381 g/mol. The number of carbonyl (C=O) groups excluding carboxylic acids is 1. The number of rotatable bonds is 8. The number of nitrogens with one attached hydrogen (secondary N) is 1. The van der Waals surface area contributed by atoms with Crippen LogP contribution < -0.4 is 9.46 Å². The van der Waals surface area contributed by atoms with Crippen molar-refractivity contribution in [3.8, 4) is 5.75 Å². The second-order valence-corrected chi connectivity index (χ2v) is 6.47. The number of benzene rings is 1. The predicted molar refractivity (Wildman–Crippen MR) is 83.3 cm³/mol. The van der Waals surface area contributed by atoms with Crippen molar-refractivity contribution in [1.29, 1.82) is 0 Å². The average molecular weight is 381 g/mol. The van der Waals surface area contributed by atoms with Crippen molar-refractivity contribution in [3.63, 3.8) is 0 Å². The minimum Gasteiger partial charge on any atom is -0.465 e. The van der Waals surface area contributed by atoms with Gasteiger partial charge in [0.25, 0.3) is 0 Å². The van der Waals surface area contributed by atoms with Crippen LogP contribution >= 0.6 is 0 Å².